The van der Waals surface area contributed by atoms with Crippen molar-refractivity contribution < 1.29 is 4.39 Å². The summed E-state index contributed by atoms with van der Waals surface area (Å²) in [5.74, 6) is 2.28. The molecular formula is C14H20FNS2. The maximum absolute atomic E-state index is 13.4. The molecule has 0 spiro atoms. The van der Waals surface area contributed by atoms with Crippen molar-refractivity contribution in [1.29, 1.82) is 0 Å². The summed E-state index contributed by atoms with van der Waals surface area (Å²) in [6.45, 7) is 2.24. The van der Waals surface area contributed by atoms with Crippen LogP contribution in [-0.2, 0) is 0 Å². The first kappa shape index (κ1) is 14.2. The minimum atomic E-state index is -0.144. The van der Waals surface area contributed by atoms with Crippen LogP contribution in [0.4, 0.5) is 4.39 Å². The zero-order chi connectivity index (χ0) is 13.0. The van der Waals surface area contributed by atoms with E-state index in [1.54, 1.807) is 12.1 Å². The summed E-state index contributed by atoms with van der Waals surface area (Å²) in [5, 5.41) is 4.56. The SMILES string of the molecule is CCC1SCCSC1C(NC)c1cccc(F)c1. The lowest BCUT2D eigenvalue weighted by Crippen LogP contribution is -2.37. The Kier molecular flexibility index (Phi) is 5.39. The van der Waals surface area contributed by atoms with Crippen LogP contribution in [0.25, 0.3) is 0 Å². The molecule has 100 valence electrons. The highest BCUT2D eigenvalue weighted by atomic mass is 32.2. The minimum Gasteiger partial charge on any atom is -0.312 e. The van der Waals surface area contributed by atoms with Crippen molar-refractivity contribution in [2.75, 3.05) is 18.6 Å². The molecule has 1 aliphatic heterocycles. The Morgan fingerprint density at radius 2 is 2.17 bits per heavy atom. The van der Waals surface area contributed by atoms with Crippen molar-refractivity contribution in [3.05, 3.63) is 35.6 Å². The molecule has 0 aromatic heterocycles. The molecule has 18 heavy (non-hydrogen) atoms. The van der Waals surface area contributed by atoms with E-state index in [4.69, 9.17) is 0 Å². The first-order chi connectivity index (χ1) is 8.76. The molecule has 4 heteroatoms. The molecule has 0 amide bonds. The number of thioether (sulfide) groups is 2. The highest BCUT2D eigenvalue weighted by molar-refractivity contribution is 8.07. The maximum atomic E-state index is 13.4. The second-order valence-corrected chi connectivity index (χ2v) is 7.11. The number of nitrogens with one attached hydrogen (secondary N) is 1. The van der Waals surface area contributed by atoms with E-state index in [9.17, 15) is 4.39 Å². The van der Waals surface area contributed by atoms with Gasteiger partial charge in [-0.2, -0.15) is 23.5 Å². The van der Waals surface area contributed by atoms with Crippen LogP contribution in [-0.4, -0.2) is 29.1 Å². The van der Waals surface area contributed by atoms with E-state index in [1.807, 2.05) is 24.9 Å². The fourth-order valence-electron chi connectivity index (χ4n) is 2.47. The molecule has 1 aromatic rings. The fraction of sp³-hybridized carbons (Fsp3) is 0.571. The predicted octanol–water partition coefficient (Wildman–Crippen LogP) is 3.71. The number of hydrogen-bond donors (Lipinski definition) is 1. The van der Waals surface area contributed by atoms with Crippen LogP contribution in [0.15, 0.2) is 24.3 Å². The molecule has 0 saturated carbocycles. The summed E-state index contributed by atoms with van der Waals surface area (Å²) in [5.41, 5.74) is 1.07. The molecule has 2 rings (SSSR count). The highest BCUT2D eigenvalue weighted by Gasteiger charge is 2.32. The molecule has 3 atom stereocenters. The molecule has 1 fully saturated rings. The Morgan fingerprint density at radius 1 is 1.39 bits per heavy atom. The minimum absolute atomic E-state index is 0.144. The van der Waals surface area contributed by atoms with Gasteiger partial charge >= 0.3 is 0 Å². The van der Waals surface area contributed by atoms with Crippen LogP contribution in [0.2, 0.25) is 0 Å². The van der Waals surface area contributed by atoms with E-state index >= 15 is 0 Å². The highest BCUT2D eigenvalue weighted by Crippen LogP contribution is 2.40. The van der Waals surface area contributed by atoms with Crippen LogP contribution >= 0.6 is 23.5 Å². The Hall–Kier alpha value is -0.190. The van der Waals surface area contributed by atoms with Gasteiger partial charge in [-0.3, -0.25) is 0 Å². The second kappa shape index (κ2) is 6.83. The third-order valence-corrected chi connectivity index (χ3v) is 6.69. The van der Waals surface area contributed by atoms with Crippen molar-refractivity contribution in [1.82, 2.24) is 5.32 Å². The molecule has 1 nitrogen and oxygen atoms in total. The van der Waals surface area contributed by atoms with Crippen LogP contribution in [0, 0.1) is 5.82 Å². The first-order valence-corrected chi connectivity index (χ1v) is 8.52. The normalized spacial score (nSPS) is 25.9. The van der Waals surface area contributed by atoms with Gasteiger partial charge < -0.3 is 5.32 Å². The van der Waals surface area contributed by atoms with Crippen molar-refractivity contribution in [3.8, 4) is 0 Å². The molecule has 3 unspecified atom stereocenters. The molecule has 1 heterocycles. The lowest BCUT2D eigenvalue weighted by Gasteiger charge is -2.36. The third kappa shape index (κ3) is 3.22. The zero-order valence-electron chi connectivity index (χ0n) is 10.9. The van der Waals surface area contributed by atoms with Gasteiger partial charge in [-0.25, -0.2) is 4.39 Å². The molecular weight excluding hydrogens is 265 g/mol. The van der Waals surface area contributed by atoms with Crippen molar-refractivity contribution in [2.24, 2.45) is 0 Å². The Bertz CT molecular complexity index is 386. The lowest BCUT2D eigenvalue weighted by atomic mass is 10.0. The van der Waals surface area contributed by atoms with Crippen LogP contribution < -0.4 is 5.32 Å². The van der Waals surface area contributed by atoms with Crippen molar-refractivity contribution in [3.63, 3.8) is 0 Å². The quantitative estimate of drug-likeness (QED) is 0.905. The third-order valence-electron chi connectivity index (χ3n) is 3.34. The van der Waals surface area contributed by atoms with Crippen LogP contribution in [0.3, 0.4) is 0 Å². The van der Waals surface area contributed by atoms with Gasteiger partial charge in [0.1, 0.15) is 5.82 Å². The smallest absolute Gasteiger partial charge is 0.123 e. The molecule has 0 radical (unpaired) electrons. The van der Waals surface area contributed by atoms with E-state index in [-0.39, 0.29) is 11.9 Å². The fourth-order valence-corrected chi connectivity index (χ4v) is 5.76. The summed E-state index contributed by atoms with van der Waals surface area (Å²) >= 11 is 4.08. The number of hydrogen-bond acceptors (Lipinski definition) is 3. The molecule has 1 N–H and O–H groups in total. The molecule has 1 saturated heterocycles. The van der Waals surface area contributed by atoms with E-state index in [1.165, 1.54) is 24.0 Å². The van der Waals surface area contributed by atoms with Gasteiger partial charge in [-0.1, -0.05) is 19.1 Å². The molecule has 0 bridgehead atoms. The Morgan fingerprint density at radius 3 is 2.83 bits per heavy atom. The van der Waals surface area contributed by atoms with Gasteiger partial charge in [0.25, 0.3) is 0 Å². The van der Waals surface area contributed by atoms with Crippen molar-refractivity contribution >= 4 is 23.5 Å². The Labute approximate surface area is 117 Å². The summed E-state index contributed by atoms with van der Waals surface area (Å²) in [6.07, 6.45) is 1.18. The lowest BCUT2D eigenvalue weighted by molar-refractivity contribution is 0.537. The van der Waals surface area contributed by atoms with Gasteiger partial charge in [0.2, 0.25) is 0 Å². The zero-order valence-corrected chi connectivity index (χ0v) is 12.5. The topological polar surface area (TPSA) is 12.0 Å². The number of halogens is 1. The van der Waals surface area contributed by atoms with Gasteiger partial charge in [0.05, 0.1) is 0 Å². The van der Waals surface area contributed by atoms with E-state index in [2.05, 4.69) is 24.0 Å². The summed E-state index contributed by atoms with van der Waals surface area (Å²) in [7, 11) is 1.97. The molecule has 1 aromatic carbocycles. The van der Waals surface area contributed by atoms with Gasteiger partial charge in [-0.15, -0.1) is 0 Å². The van der Waals surface area contributed by atoms with Crippen LogP contribution in [0.1, 0.15) is 24.9 Å². The number of rotatable bonds is 4. The van der Waals surface area contributed by atoms with Crippen LogP contribution in [0.5, 0.6) is 0 Å². The summed E-state index contributed by atoms with van der Waals surface area (Å²) < 4.78 is 13.4. The summed E-state index contributed by atoms with van der Waals surface area (Å²) in [4.78, 5) is 0. The average molecular weight is 285 g/mol. The van der Waals surface area contributed by atoms with E-state index in [0.717, 1.165) is 5.56 Å². The Balaban J connectivity index is 2.21. The maximum Gasteiger partial charge on any atom is 0.123 e. The van der Waals surface area contributed by atoms with Crippen molar-refractivity contribution in [2.45, 2.75) is 29.9 Å². The first-order valence-electron chi connectivity index (χ1n) is 6.42. The predicted molar refractivity (Wildman–Crippen MR) is 81.0 cm³/mol. The molecule has 0 aliphatic carbocycles. The van der Waals surface area contributed by atoms with Gasteiger partial charge in [-0.05, 0) is 31.2 Å². The van der Waals surface area contributed by atoms with E-state index in [0.29, 0.717) is 10.5 Å². The van der Waals surface area contributed by atoms with Gasteiger partial charge in [0.15, 0.2) is 0 Å². The summed E-state index contributed by atoms with van der Waals surface area (Å²) in [6, 6.07) is 7.24. The van der Waals surface area contributed by atoms with Gasteiger partial charge in [0, 0.05) is 28.0 Å². The monoisotopic (exact) mass is 285 g/mol. The number of benzene rings is 1. The largest absolute Gasteiger partial charge is 0.312 e. The second-order valence-electron chi connectivity index (χ2n) is 4.47. The van der Waals surface area contributed by atoms with E-state index < -0.39 is 0 Å². The average Bonchev–Trinajstić information content (AvgIpc) is 2.40. The standard InChI is InChI=1S/C14H20FNS2/c1-3-12-14(18-8-7-17-12)13(16-2)10-5-4-6-11(15)9-10/h4-6,9,12-14,16H,3,7-8H2,1-2H3. The molecule has 1 aliphatic rings.